The van der Waals surface area contributed by atoms with Crippen LogP contribution in [0.4, 0.5) is 5.69 Å². The molecule has 1 amide bonds. The predicted molar refractivity (Wildman–Crippen MR) is 97.7 cm³/mol. The van der Waals surface area contributed by atoms with Crippen LogP contribution in [0.15, 0.2) is 29.1 Å². The average Bonchev–Trinajstić information content (AvgIpc) is 2.61. The molecule has 4 rings (SSSR count). The fourth-order valence-corrected chi connectivity index (χ4v) is 4.06. The highest BCUT2D eigenvalue weighted by molar-refractivity contribution is 5.94. The number of aromatic nitrogens is 1. The lowest BCUT2D eigenvalue weighted by Crippen LogP contribution is -2.35. The first kappa shape index (κ1) is 15.9. The number of nitrogens with two attached hydrogens (primary N) is 1. The molecule has 2 aliphatic carbocycles. The van der Waals surface area contributed by atoms with Crippen LogP contribution in [0.25, 0.3) is 0 Å². The Morgan fingerprint density at radius 2 is 1.88 bits per heavy atom. The van der Waals surface area contributed by atoms with Crippen LogP contribution < -0.4 is 16.6 Å². The summed E-state index contributed by atoms with van der Waals surface area (Å²) in [7, 11) is 0. The Labute approximate surface area is 146 Å². The third-order valence-electron chi connectivity index (χ3n) is 5.37. The standard InChI is InChI=1S/C20H23N3O2/c21-14-8-9-15-12(10-14)5-3-7-18(15)23-20(25)16-11-13-4-1-2-6-17(13)22-19(16)24/h8-11,18H,1-7,21H2,(H,22,24)(H,23,25). The summed E-state index contributed by atoms with van der Waals surface area (Å²) in [6, 6.07) is 7.57. The van der Waals surface area contributed by atoms with Crippen LogP contribution in [0.5, 0.6) is 0 Å². The van der Waals surface area contributed by atoms with Crippen LogP contribution in [-0.2, 0) is 19.3 Å². The van der Waals surface area contributed by atoms with E-state index >= 15 is 0 Å². The summed E-state index contributed by atoms with van der Waals surface area (Å²) >= 11 is 0. The van der Waals surface area contributed by atoms with Gasteiger partial charge in [0.05, 0.1) is 6.04 Å². The predicted octanol–water partition coefficient (Wildman–Crippen LogP) is 2.64. The van der Waals surface area contributed by atoms with Gasteiger partial charge >= 0.3 is 0 Å². The number of nitrogen functional groups attached to an aromatic ring is 1. The topological polar surface area (TPSA) is 88.0 Å². The van der Waals surface area contributed by atoms with Gasteiger partial charge in [0, 0.05) is 11.4 Å². The lowest BCUT2D eigenvalue weighted by atomic mass is 9.87. The minimum absolute atomic E-state index is 0.0627. The molecule has 0 radical (unpaired) electrons. The van der Waals surface area contributed by atoms with Gasteiger partial charge in [-0.15, -0.1) is 0 Å². The van der Waals surface area contributed by atoms with E-state index in [1.165, 1.54) is 5.56 Å². The number of carbonyl (C=O) groups is 1. The third kappa shape index (κ3) is 3.06. The van der Waals surface area contributed by atoms with Gasteiger partial charge in [0.15, 0.2) is 0 Å². The Morgan fingerprint density at radius 3 is 2.76 bits per heavy atom. The number of aryl methyl sites for hydroxylation is 3. The van der Waals surface area contributed by atoms with Gasteiger partial charge in [-0.25, -0.2) is 0 Å². The van der Waals surface area contributed by atoms with Gasteiger partial charge in [0.2, 0.25) is 0 Å². The van der Waals surface area contributed by atoms with E-state index < -0.39 is 0 Å². The van der Waals surface area contributed by atoms with Crippen LogP contribution >= 0.6 is 0 Å². The van der Waals surface area contributed by atoms with Gasteiger partial charge in [-0.2, -0.15) is 0 Å². The van der Waals surface area contributed by atoms with Crippen molar-refractivity contribution < 1.29 is 4.79 Å². The number of fused-ring (bicyclic) bond motifs is 2. The SMILES string of the molecule is Nc1ccc2c(c1)CCCC2NC(=O)c1cc2c([nH]c1=O)CCCC2. The van der Waals surface area contributed by atoms with Crippen LogP contribution in [-0.4, -0.2) is 10.9 Å². The van der Waals surface area contributed by atoms with E-state index in [2.05, 4.69) is 10.3 Å². The van der Waals surface area contributed by atoms with Crippen molar-refractivity contribution in [3.8, 4) is 0 Å². The van der Waals surface area contributed by atoms with Crippen LogP contribution in [0.1, 0.15) is 64.5 Å². The highest BCUT2D eigenvalue weighted by Crippen LogP contribution is 2.31. The van der Waals surface area contributed by atoms with E-state index in [1.54, 1.807) is 6.07 Å². The summed E-state index contributed by atoms with van der Waals surface area (Å²) in [5, 5.41) is 3.06. The molecular formula is C20H23N3O2. The molecule has 5 nitrogen and oxygen atoms in total. The van der Waals surface area contributed by atoms with Crippen molar-refractivity contribution >= 4 is 11.6 Å². The summed E-state index contributed by atoms with van der Waals surface area (Å²) < 4.78 is 0. The Kier molecular flexibility index (Phi) is 4.07. The highest BCUT2D eigenvalue weighted by atomic mass is 16.2. The number of hydrogen-bond acceptors (Lipinski definition) is 3. The van der Waals surface area contributed by atoms with Crippen molar-refractivity contribution in [2.75, 3.05) is 5.73 Å². The fourth-order valence-electron chi connectivity index (χ4n) is 4.06. The molecule has 1 heterocycles. The molecule has 1 unspecified atom stereocenters. The minimum Gasteiger partial charge on any atom is -0.399 e. The summed E-state index contributed by atoms with van der Waals surface area (Å²) in [4.78, 5) is 28.0. The molecule has 1 aromatic carbocycles. The van der Waals surface area contributed by atoms with E-state index in [0.717, 1.165) is 67.5 Å². The summed E-state index contributed by atoms with van der Waals surface area (Å²) in [5.41, 5.74) is 11.0. The van der Waals surface area contributed by atoms with Gasteiger partial charge in [-0.1, -0.05) is 6.07 Å². The number of hydrogen-bond donors (Lipinski definition) is 3. The molecule has 2 aromatic rings. The first-order chi connectivity index (χ1) is 12.1. The molecule has 0 spiro atoms. The van der Waals surface area contributed by atoms with E-state index in [9.17, 15) is 9.59 Å². The first-order valence-corrected chi connectivity index (χ1v) is 9.06. The van der Waals surface area contributed by atoms with Crippen molar-refractivity contribution in [2.24, 2.45) is 0 Å². The summed E-state index contributed by atoms with van der Waals surface area (Å²) in [6.45, 7) is 0. The first-order valence-electron chi connectivity index (χ1n) is 9.06. The molecule has 130 valence electrons. The van der Waals surface area contributed by atoms with E-state index in [4.69, 9.17) is 5.73 Å². The molecule has 5 heteroatoms. The van der Waals surface area contributed by atoms with Crippen molar-refractivity contribution in [2.45, 2.75) is 51.0 Å². The highest BCUT2D eigenvalue weighted by Gasteiger charge is 2.24. The second-order valence-corrected chi connectivity index (χ2v) is 7.10. The fraction of sp³-hybridized carbons (Fsp3) is 0.400. The summed E-state index contributed by atoms with van der Waals surface area (Å²) in [5.74, 6) is -0.288. The molecule has 0 saturated heterocycles. The normalized spacial score (nSPS) is 19.0. The molecule has 25 heavy (non-hydrogen) atoms. The number of amides is 1. The molecule has 1 atom stereocenters. The smallest absolute Gasteiger partial charge is 0.261 e. The quantitative estimate of drug-likeness (QED) is 0.736. The molecule has 0 aliphatic heterocycles. The molecule has 0 saturated carbocycles. The Hall–Kier alpha value is -2.56. The summed E-state index contributed by atoms with van der Waals surface area (Å²) in [6.07, 6.45) is 6.88. The minimum atomic E-state index is -0.288. The maximum Gasteiger partial charge on any atom is 0.261 e. The average molecular weight is 337 g/mol. The number of carbonyl (C=O) groups excluding carboxylic acids is 1. The van der Waals surface area contributed by atoms with Crippen molar-refractivity contribution in [3.63, 3.8) is 0 Å². The number of pyridine rings is 1. The number of rotatable bonds is 2. The largest absolute Gasteiger partial charge is 0.399 e. The second-order valence-electron chi connectivity index (χ2n) is 7.10. The van der Waals surface area contributed by atoms with Crippen molar-refractivity contribution in [1.29, 1.82) is 0 Å². The number of benzene rings is 1. The zero-order chi connectivity index (χ0) is 17.4. The Balaban J connectivity index is 1.60. The lowest BCUT2D eigenvalue weighted by Gasteiger charge is -2.27. The van der Waals surface area contributed by atoms with Gasteiger partial charge in [0.1, 0.15) is 5.56 Å². The third-order valence-corrected chi connectivity index (χ3v) is 5.37. The number of nitrogens with one attached hydrogen (secondary N) is 2. The van der Waals surface area contributed by atoms with Gasteiger partial charge < -0.3 is 16.0 Å². The van der Waals surface area contributed by atoms with E-state index in [1.807, 2.05) is 18.2 Å². The molecule has 4 N–H and O–H groups in total. The molecule has 2 aliphatic rings. The maximum absolute atomic E-state index is 12.7. The van der Waals surface area contributed by atoms with Gasteiger partial charge in [-0.05, 0) is 79.8 Å². The number of aromatic amines is 1. The molecule has 0 fully saturated rings. The van der Waals surface area contributed by atoms with E-state index in [-0.39, 0.29) is 23.1 Å². The van der Waals surface area contributed by atoms with Crippen molar-refractivity contribution in [1.82, 2.24) is 10.3 Å². The molecule has 0 bridgehead atoms. The maximum atomic E-state index is 12.7. The van der Waals surface area contributed by atoms with Gasteiger partial charge in [0.25, 0.3) is 11.5 Å². The monoisotopic (exact) mass is 337 g/mol. The van der Waals surface area contributed by atoms with Gasteiger partial charge in [-0.3, -0.25) is 9.59 Å². The lowest BCUT2D eigenvalue weighted by molar-refractivity contribution is 0.0931. The van der Waals surface area contributed by atoms with Crippen LogP contribution in [0.2, 0.25) is 0 Å². The van der Waals surface area contributed by atoms with Crippen molar-refractivity contribution in [3.05, 3.63) is 62.6 Å². The Morgan fingerprint density at radius 1 is 1.08 bits per heavy atom. The Bertz CT molecular complexity index is 885. The van der Waals surface area contributed by atoms with Crippen LogP contribution in [0.3, 0.4) is 0 Å². The molecule has 1 aromatic heterocycles. The second kappa shape index (κ2) is 6.39. The zero-order valence-corrected chi connectivity index (χ0v) is 14.2. The number of anilines is 1. The number of H-pyrrole nitrogens is 1. The van der Waals surface area contributed by atoms with Crippen LogP contribution in [0, 0.1) is 0 Å². The zero-order valence-electron chi connectivity index (χ0n) is 14.2. The molecular weight excluding hydrogens is 314 g/mol. The van der Waals surface area contributed by atoms with E-state index in [0.29, 0.717) is 0 Å².